The SMILES string of the molecule is Nc1c(Nc2ccc(Br)cn2)ncnc1Nc1ccccc1Br. The van der Waals surface area contributed by atoms with Crippen molar-refractivity contribution in [3.05, 3.63) is 57.9 Å². The van der Waals surface area contributed by atoms with Gasteiger partial charge < -0.3 is 16.4 Å². The van der Waals surface area contributed by atoms with Crippen molar-refractivity contribution in [2.24, 2.45) is 0 Å². The Labute approximate surface area is 149 Å². The van der Waals surface area contributed by atoms with Gasteiger partial charge in [0.25, 0.3) is 0 Å². The van der Waals surface area contributed by atoms with E-state index < -0.39 is 0 Å². The monoisotopic (exact) mass is 434 g/mol. The molecule has 6 nitrogen and oxygen atoms in total. The quantitative estimate of drug-likeness (QED) is 0.560. The van der Waals surface area contributed by atoms with E-state index in [1.807, 2.05) is 36.4 Å². The molecule has 2 heterocycles. The van der Waals surface area contributed by atoms with E-state index >= 15 is 0 Å². The van der Waals surface area contributed by atoms with Gasteiger partial charge in [-0.3, -0.25) is 0 Å². The molecule has 23 heavy (non-hydrogen) atoms. The van der Waals surface area contributed by atoms with Crippen LogP contribution in [0, 0.1) is 0 Å². The highest BCUT2D eigenvalue weighted by Crippen LogP contribution is 2.30. The molecule has 0 aliphatic carbocycles. The summed E-state index contributed by atoms with van der Waals surface area (Å²) in [6.45, 7) is 0. The van der Waals surface area contributed by atoms with Crippen LogP contribution in [0.2, 0.25) is 0 Å². The third kappa shape index (κ3) is 3.77. The van der Waals surface area contributed by atoms with Crippen LogP contribution < -0.4 is 16.4 Å². The molecule has 3 aromatic rings. The number of nitrogens with zero attached hydrogens (tertiary/aromatic N) is 3. The highest BCUT2D eigenvalue weighted by Gasteiger charge is 2.10. The van der Waals surface area contributed by atoms with Gasteiger partial charge in [-0.15, -0.1) is 0 Å². The minimum atomic E-state index is 0.410. The molecule has 116 valence electrons. The molecule has 0 bridgehead atoms. The summed E-state index contributed by atoms with van der Waals surface area (Å²) in [6, 6.07) is 11.4. The van der Waals surface area contributed by atoms with Gasteiger partial charge in [0.05, 0.1) is 5.69 Å². The first kappa shape index (κ1) is 15.7. The van der Waals surface area contributed by atoms with Crippen molar-refractivity contribution in [3.63, 3.8) is 0 Å². The van der Waals surface area contributed by atoms with Gasteiger partial charge in [0, 0.05) is 15.1 Å². The van der Waals surface area contributed by atoms with Crippen molar-refractivity contribution >= 4 is 60.7 Å². The molecule has 0 atom stereocenters. The van der Waals surface area contributed by atoms with Crippen LogP contribution in [0.1, 0.15) is 0 Å². The summed E-state index contributed by atoms with van der Waals surface area (Å²) in [5.41, 5.74) is 7.43. The van der Waals surface area contributed by atoms with Crippen molar-refractivity contribution in [1.82, 2.24) is 15.0 Å². The van der Waals surface area contributed by atoms with E-state index in [9.17, 15) is 0 Å². The van der Waals surface area contributed by atoms with Gasteiger partial charge in [0.2, 0.25) is 0 Å². The Morgan fingerprint density at radius 2 is 1.61 bits per heavy atom. The zero-order valence-electron chi connectivity index (χ0n) is 11.8. The lowest BCUT2D eigenvalue weighted by Crippen LogP contribution is -2.06. The van der Waals surface area contributed by atoms with E-state index in [1.165, 1.54) is 6.33 Å². The molecule has 8 heteroatoms. The third-order valence-corrected chi connectivity index (χ3v) is 4.15. The lowest BCUT2D eigenvalue weighted by molar-refractivity contribution is 1.16. The maximum atomic E-state index is 6.16. The fraction of sp³-hybridized carbons (Fsp3) is 0. The van der Waals surface area contributed by atoms with Crippen LogP contribution >= 0.6 is 31.9 Å². The lowest BCUT2D eigenvalue weighted by Gasteiger charge is -2.13. The molecule has 0 aliphatic heterocycles. The average Bonchev–Trinajstić information content (AvgIpc) is 2.55. The van der Waals surface area contributed by atoms with Crippen LogP contribution in [-0.4, -0.2) is 15.0 Å². The van der Waals surface area contributed by atoms with Crippen molar-refractivity contribution in [2.45, 2.75) is 0 Å². The van der Waals surface area contributed by atoms with Crippen LogP contribution in [0.5, 0.6) is 0 Å². The smallest absolute Gasteiger partial charge is 0.160 e. The number of anilines is 5. The second-order valence-corrected chi connectivity index (χ2v) is 6.35. The van der Waals surface area contributed by atoms with Gasteiger partial charge in [-0.1, -0.05) is 12.1 Å². The molecule has 0 saturated carbocycles. The van der Waals surface area contributed by atoms with Crippen LogP contribution in [0.3, 0.4) is 0 Å². The first-order chi connectivity index (χ1) is 11.1. The average molecular weight is 436 g/mol. The Morgan fingerprint density at radius 3 is 2.30 bits per heavy atom. The molecule has 0 spiro atoms. The number of hydrogen-bond donors (Lipinski definition) is 3. The Kier molecular flexibility index (Phi) is 4.73. The van der Waals surface area contributed by atoms with Gasteiger partial charge >= 0.3 is 0 Å². The molecular formula is C15H12Br2N6. The van der Waals surface area contributed by atoms with Crippen LogP contribution in [0.25, 0.3) is 0 Å². The van der Waals surface area contributed by atoms with Gasteiger partial charge in [-0.2, -0.15) is 0 Å². The van der Waals surface area contributed by atoms with Crippen molar-refractivity contribution < 1.29 is 0 Å². The van der Waals surface area contributed by atoms with E-state index in [0.29, 0.717) is 23.1 Å². The van der Waals surface area contributed by atoms with E-state index in [-0.39, 0.29) is 0 Å². The normalized spacial score (nSPS) is 10.3. The Morgan fingerprint density at radius 1 is 0.870 bits per heavy atom. The summed E-state index contributed by atoms with van der Waals surface area (Å²) in [4.78, 5) is 12.6. The summed E-state index contributed by atoms with van der Waals surface area (Å²) in [6.07, 6.45) is 3.14. The molecule has 3 rings (SSSR count). The van der Waals surface area contributed by atoms with E-state index in [0.717, 1.165) is 14.6 Å². The lowest BCUT2D eigenvalue weighted by atomic mass is 10.3. The van der Waals surface area contributed by atoms with Gasteiger partial charge in [-0.25, -0.2) is 15.0 Å². The number of nitrogens with one attached hydrogen (secondary N) is 2. The molecular weight excluding hydrogens is 424 g/mol. The molecule has 0 aliphatic rings. The van der Waals surface area contributed by atoms with Crippen LogP contribution in [-0.2, 0) is 0 Å². The Bertz CT molecular complexity index is 822. The third-order valence-electron chi connectivity index (χ3n) is 2.98. The van der Waals surface area contributed by atoms with Crippen molar-refractivity contribution in [1.29, 1.82) is 0 Å². The van der Waals surface area contributed by atoms with E-state index in [1.54, 1.807) is 6.20 Å². The Balaban J connectivity index is 1.86. The summed E-state index contributed by atoms with van der Waals surface area (Å²) in [5, 5.41) is 6.27. The van der Waals surface area contributed by atoms with Gasteiger partial charge in [0.1, 0.15) is 17.8 Å². The van der Waals surface area contributed by atoms with E-state index in [4.69, 9.17) is 5.73 Å². The minimum Gasteiger partial charge on any atom is -0.393 e. The largest absolute Gasteiger partial charge is 0.393 e. The number of pyridine rings is 1. The highest BCUT2D eigenvalue weighted by molar-refractivity contribution is 9.10. The second kappa shape index (κ2) is 6.93. The number of para-hydroxylation sites is 1. The van der Waals surface area contributed by atoms with Crippen molar-refractivity contribution in [3.8, 4) is 0 Å². The molecule has 4 N–H and O–H groups in total. The zero-order valence-corrected chi connectivity index (χ0v) is 15.0. The molecule has 1 aromatic carbocycles. The van der Waals surface area contributed by atoms with Gasteiger partial charge in [-0.05, 0) is 56.1 Å². The predicted octanol–water partition coefficient (Wildman–Crippen LogP) is 4.47. The maximum Gasteiger partial charge on any atom is 0.160 e. The van der Waals surface area contributed by atoms with E-state index in [2.05, 4.69) is 57.4 Å². The molecule has 2 aromatic heterocycles. The molecule has 0 saturated heterocycles. The topological polar surface area (TPSA) is 88.8 Å². The number of halogens is 2. The summed E-state index contributed by atoms with van der Waals surface area (Å²) in [5.74, 6) is 1.65. The predicted molar refractivity (Wildman–Crippen MR) is 99.1 cm³/mol. The molecule has 0 amide bonds. The number of benzene rings is 1. The van der Waals surface area contributed by atoms with Crippen LogP contribution in [0.4, 0.5) is 28.8 Å². The zero-order chi connectivity index (χ0) is 16.2. The maximum absolute atomic E-state index is 6.16. The standard InChI is InChI=1S/C15H12Br2N6/c16-9-5-6-12(19-7-9)23-15-13(18)14(20-8-21-15)22-11-4-2-1-3-10(11)17/h1-8H,18H2,(H2,19,20,21,22,23). The fourth-order valence-electron chi connectivity index (χ4n) is 1.86. The number of nitrogen functional groups attached to an aromatic ring is 1. The van der Waals surface area contributed by atoms with Crippen LogP contribution in [0.15, 0.2) is 57.9 Å². The minimum absolute atomic E-state index is 0.410. The second-order valence-electron chi connectivity index (χ2n) is 4.58. The molecule has 0 unspecified atom stereocenters. The summed E-state index contributed by atoms with van der Waals surface area (Å²) >= 11 is 6.83. The Hall–Kier alpha value is -2.19. The first-order valence-corrected chi connectivity index (χ1v) is 8.22. The number of rotatable bonds is 4. The molecule has 0 fully saturated rings. The first-order valence-electron chi connectivity index (χ1n) is 6.64. The van der Waals surface area contributed by atoms with Crippen molar-refractivity contribution in [2.75, 3.05) is 16.4 Å². The highest BCUT2D eigenvalue weighted by atomic mass is 79.9. The van der Waals surface area contributed by atoms with Gasteiger partial charge in [0.15, 0.2) is 11.6 Å². The number of nitrogens with two attached hydrogens (primary N) is 1. The summed E-state index contributed by atoms with van der Waals surface area (Å²) < 4.78 is 1.82. The molecule has 0 radical (unpaired) electrons. The summed E-state index contributed by atoms with van der Waals surface area (Å²) in [7, 11) is 0. The number of aromatic nitrogens is 3. The number of hydrogen-bond acceptors (Lipinski definition) is 6. The fourth-order valence-corrected chi connectivity index (χ4v) is 2.47.